The number of likely N-dealkylation sites (tertiary alicyclic amines) is 1. The van der Waals surface area contributed by atoms with Crippen LogP contribution in [0.5, 0.6) is 0 Å². The van der Waals surface area contributed by atoms with Gasteiger partial charge >= 0.3 is 0 Å². The van der Waals surface area contributed by atoms with Gasteiger partial charge in [0.15, 0.2) is 0 Å². The van der Waals surface area contributed by atoms with E-state index >= 15 is 0 Å². The maximum absolute atomic E-state index is 3.84. The molecule has 0 aromatic carbocycles. The number of unbranched alkanes of at least 4 members (excludes halogenated alkanes) is 1. The number of hydrogen-bond acceptors (Lipinski definition) is 2. The van der Waals surface area contributed by atoms with Crippen molar-refractivity contribution >= 4 is 0 Å². The second-order valence-electron chi connectivity index (χ2n) is 6.49. The van der Waals surface area contributed by atoms with Crippen LogP contribution in [0.2, 0.25) is 0 Å². The molecule has 0 amide bonds. The van der Waals surface area contributed by atoms with Crippen LogP contribution in [0.15, 0.2) is 0 Å². The topological polar surface area (TPSA) is 15.3 Å². The Kier molecular flexibility index (Phi) is 4.87. The molecule has 1 aliphatic carbocycles. The number of nitrogens with one attached hydrogen (secondary N) is 1. The molecule has 1 N–H and O–H groups in total. The van der Waals surface area contributed by atoms with Gasteiger partial charge in [-0.05, 0) is 44.1 Å². The molecule has 2 atom stereocenters. The first-order valence-corrected chi connectivity index (χ1v) is 7.67. The van der Waals surface area contributed by atoms with Crippen molar-refractivity contribution in [1.29, 1.82) is 0 Å². The first kappa shape index (κ1) is 13.4. The minimum Gasteiger partial charge on any atom is -0.310 e. The van der Waals surface area contributed by atoms with Crippen molar-refractivity contribution in [3.63, 3.8) is 0 Å². The summed E-state index contributed by atoms with van der Waals surface area (Å²) in [5.41, 5.74) is 0. The quantitative estimate of drug-likeness (QED) is 0.765. The van der Waals surface area contributed by atoms with Crippen LogP contribution in [0.25, 0.3) is 0 Å². The van der Waals surface area contributed by atoms with Crippen LogP contribution in [0.4, 0.5) is 0 Å². The predicted molar refractivity (Wildman–Crippen MR) is 74.2 cm³/mol. The molecule has 0 bridgehead atoms. The van der Waals surface area contributed by atoms with Crippen LogP contribution in [0.3, 0.4) is 0 Å². The van der Waals surface area contributed by atoms with Crippen molar-refractivity contribution in [1.82, 2.24) is 10.2 Å². The van der Waals surface area contributed by atoms with Gasteiger partial charge in [0.2, 0.25) is 0 Å². The summed E-state index contributed by atoms with van der Waals surface area (Å²) in [5, 5.41) is 3.84. The molecule has 1 saturated heterocycles. The Bertz CT molecular complexity index is 223. The van der Waals surface area contributed by atoms with Gasteiger partial charge in [0.25, 0.3) is 0 Å². The molecule has 100 valence electrons. The molecule has 2 rings (SSSR count). The molecule has 1 aliphatic heterocycles. The smallest absolute Gasteiger partial charge is 0.0200 e. The zero-order valence-electron chi connectivity index (χ0n) is 11.9. The van der Waals surface area contributed by atoms with Crippen LogP contribution in [-0.2, 0) is 0 Å². The number of piperidine rings is 1. The Morgan fingerprint density at radius 1 is 1.18 bits per heavy atom. The zero-order chi connectivity index (χ0) is 12.3. The fraction of sp³-hybridized carbons (Fsp3) is 1.00. The Labute approximate surface area is 107 Å². The van der Waals surface area contributed by atoms with E-state index in [0.717, 1.165) is 23.9 Å². The Hall–Kier alpha value is -0.0800. The van der Waals surface area contributed by atoms with Gasteiger partial charge in [0.05, 0.1) is 0 Å². The first-order valence-electron chi connectivity index (χ1n) is 7.67. The molecule has 2 fully saturated rings. The van der Waals surface area contributed by atoms with Crippen molar-refractivity contribution in [3.8, 4) is 0 Å². The maximum Gasteiger partial charge on any atom is 0.0200 e. The molecule has 2 nitrogen and oxygen atoms in total. The molecule has 2 heteroatoms. The average molecular weight is 238 g/mol. The average Bonchev–Trinajstić information content (AvgIpc) is 3.10. The normalized spacial score (nSPS) is 31.1. The minimum absolute atomic E-state index is 0.764. The fourth-order valence-corrected chi connectivity index (χ4v) is 2.98. The van der Waals surface area contributed by atoms with Crippen LogP contribution in [0, 0.1) is 11.8 Å². The molecule has 0 spiro atoms. The summed E-state index contributed by atoms with van der Waals surface area (Å²) in [6, 6.07) is 1.62. The Balaban J connectivity index is 1.84. The van der Waals surface area contributed by atoms with E-state index in [1.54, 1.807) is 0 Å². The monoisotopic (exact) mass is 238 g/mol. The summed E-state index contributed by atoms with van der Waals surface area (Å²) in [5.74, 6) is 1.74. The van der Waals surface area contributed by atoms with Gasteiger partial charge in [-0.15, -0.1) is 0 Å². The second-order valence-corrected chi connectivity index (χ2v) is 6.49. The predicted octanol–water partition coefficient (Wildman–Crippen LogP) is 2.89. The van der Waals surface area contributed by atoms with E-state index in [9.17, 15) is 0 Å². The molecule has 17 heavy (non-hydrogen) atoms. The third-order valence-electron chi connectivity index (χ3n) is 4.38. The van der Waals surface area contributed by atoms with Gasteiger partial charge in [-0.2, -0.15) is 0 Å². The maximum atomic E-state index is 3.84. The molecule has 0 aromatic rings. The lowest BCUT2D eigenvalue weighted by atomic mass is 9.85. The van der Waals surface area contributed by atoms with Gasteiger partial charge in [0, 0.05) is 25.2 Å². The Morgan fingerprint density at radius 3 is 2.53 bits per heavy atom. The van der Waals surface area contributed by atoms with Crippen molar-refractivity contribution in [2.24, 2.45) is 11.8 Å². The second kappa shape index (κ2) is 6.19. The lowest BCUT2D eigenvalue weighted by molar-refractivity contribution is 0.114. The van der Waals surface area contributed by atoms with Gasteiger partial charge in [-0.1, -0.05) is 27.2 Å². The molecular weight excluding hydrogens is 208 g/mol. The van der Waals surface area contributed by atoms with E-state index in [1.807, 2.05) is 0 Å². The number of nitrogens with zero attached hydrogens (tertiary/aromatic N) is 1. The third-order valence-corrected chi connectivity index (χ3v) is 4.38. The van der Waals surface area contributed by atoms with Crippen LogP contribution >= 0.6 is 0 Å². The lowest BCUT2D eigenvalue weighted by Crippen LogP contribution is -2.51. The van der Waals surface area contributed by atoms with Crippen molar-refractivity contribution in [2.75, 3.05) is 19.6 Å². The van der Waals surface area contributed by atoms with Crippen molar-refractivity contribution in [3.05, 3.63) is 0 Å². The molecule has 0 radical (unpaired) electrons. The standard InChI is InChI=1S/C15H30N2/c1-4-5-8-17-10-13(12(2)3)9-15(11-17)16-14-6-7-14/h12-16H,4-11H2,1-3H3. The minimum atomic E-state index is 0.764. The zero-order valence-corrected chi connectivity index (χ0v) is 11.9. The first-order chi connectivity index (χ1) is 8.19. The van der Waals surface area contributed by atoms with E-state index < -0.39 is 0 Å². The third kappa shape index (κ3) is 4.26. The Morgan fingerprint density at radius 2 is 1.94 bits per heavy atom. The molecule has 0 aromatic heterocycles. The molecule has 2 unspecified atom stereocenters. The van der Waals surface area contributed by atoms with Gasteiger partial charge in [0.1, 0.15) is 0 Å². The number of rotatable bonds is 6. The SMILES string of the molecule is CCCCN1CC(NC2CC2)CC(C(C)C)C1. The van der Waals surface area contributed by atoms with Gasteiger partial charge in [-0.3, -0.25) is 0 Å². The lowest BCUT2D eigenvalue weighted by Gasteiger charge is -2.40. The highest BCUT2D eigenvalue weighted by molar-refractivity contribution is 4.90. The van der Waals surface area contributed by atoms with Crippen LogP contribution in [-0.4, -0.2) is 36.6 Å². The van der Waals surface area contributed by atoms with Crippen molar-refractivity contribution < 1.29 is 0 Å². The van der Waals surface area contributed by atoms with Crippen molar-refractivity contribution in [2.45, 2.75) is 65.0 Å². The molecule has 1 saturated carbocycles. The summed E-state index contributed by atoms with van der Waals surface area (Å²) < 4.78 is 0. The highest BCUT2D eigenvalue weighted by Gasteiger charge is 2.32. The highest BCUT2D eigenvalue weighted by atomic mass is 15.2. The largest absolute Gasteiger partial charge is 0.310 e. The summed E-state index contributed by atoms with van der Waals surface area (Å²) in [6.45, 7) is 11.0. The summed E-state index contributed by atoms with van der Waals surface area (Å²) in [4.78, 5) is 2.71. The van der Waals surface area contributed by atoms with Gasteiger partial charge < -0.3 is 10.2 Å². The van der Waals surface area contributed by atoms with E-state index in [4.69, 9.17) is 0 Å². The highest BCUT2D eigenvalue weighted by Crippen LogP contribution is 2.27. The van der Waals surface area contributed by atoms with Crippen LogP contribution < -0.4 is 5.32 Å². The molecule has 1 heterocycles. The summed E-state index contributed by atoms with van der Waals surface area (Å²) >= 11 is 0. The van der Waals surface area contributed by atoms with E-state index in [2.05, 4.69) is 31.0 Å². The summed E-state index contributed by atoms with van der Waals surface area (Å²) in [6.07, 6.45) is 6.91. The van der Waals surface area contributed by atoms with Crippen LogP contribution in [0.1, 0.15) is 52.9 Å². The van der Waals surface area contributed by atoms with E-state index in [1.165, 1.54) is 51.7 Å². The number of hydrogen-bond donors (Lipinski definition) is 1. The summed E-state index contributed by atoms with van der Waals surface area (Å²) in [7, 11) is 0. The van der Waals surface area contributed by atoms with Gasteiger partial charge in [-0.25, -0.2) is 0 Å². The fourth-order valence-electron chi connectivity index (χ4n) is 2.98. The molecular formula is C15H30N2. The molecule has 2 aliphatic rings. The van der Waals surface area contributed by atoms with E-state index in [-0.39, 0.29) is 0 Å². The van der Waals surface area contributed by atoms with E-state index in [0.29, 0.717) is 0 Å².